The van der Waals surface area contributed by atoms with Crippen molar-refractivity contribution in [3.05, 3.63) is 23.5 Å². The maximum Gasteiger partial charge on any atom is 0.306 e. The smallest absolute Gasteiger partial charge is 0.306 e. The maximum atomic E-state index is 11.7. The van der Waals surface area contributed by atoms with Crippen LogP contribution in [0.5, 0.6) is 0 Å². The first-order valence-corrected chi connectivity index (χ1v) is 11.6. The second kappa shape index (κ2) is 9.09. The molecule has 0 bridgehead atoms. The molecule has 1 fully saturated rings. The summed E-state index contributed by atoms with van der Waals surface area (Å²) >= 11 is 0. The number of anilines is 1. The van der Waals surface area contributed by atoms with Gasteiger partial charge in [-0.2, -0.15) is 8.42 Å². The Balaban J connectivity index is 1.75. The van der Waals surface area contributed by atoms with Gasteiger partial charge in [-0.15, -0.1) is 5.10 Å². The number of carbonyl (C=O) groups is 1. The van der Waals surface area contributed by atoms with Crippen molar-refractivity contribution < 1.29 is 22.1 Å². The highest BCUT2D eigenvalue weighted by molar-refractivity contribution is 7.85. The first-order valence-electron chi connectivity index (χ1n) is 9.79. The molecule has 1 unspecified atom stereocenters. The lowest BCUT2D eigenvalue weighted by Gasteiger charge is -2.20. The third-order valence-corrected chi connectivity index (χ3v) is 5.59. The lowest BCUT2D eigenvalue weighted by atomic mass is 10.1. The minimum absolute atomic E-state index is 0.152. The number of pyridine rings is 1. The highest BCUT2D eigenvalue weighted by Crippen LogP contribution is 2.30. The summed E-state index contributed by atoms with van der Waals surface area (Å²) in [5.74, 6) is 0.115. The Morgan fingerprint density at radius 2 is 2.10 bits per heavy atom. The van der Waals surface area contributed by atoms with Gasteiger partial charge < -0.3 is 9.64 Å². The zero-order valence-electron chi connectivity index (χ0n) is 17.7. The van der Waals surface area contributed by atoms with Crippen molar-refractivity contribution in [2.45, 2.75) is 33.3 Å². The molecule has 0 aromatic carbocycles. The molecular weight excluding hydrogens is 410 g/mol. The molecule has 1 atom stereocenters. The van der Waals surface area contributed by atoms with Crippen LogP contribution in [0.3, 0.4) is 0 Å². The summed E-state index contributed by atoms with van der Waals surface area (Å²) < 4.78 is 34.1. The fourth-order valence-electron chi connectivity index (χ4n) is 3.59. The fraction of sp³-hybridized carbons (Fsp3) is 0.579. The molecule has 3 heterocycles. The predicted molar refractivity (Wildman–Crippen MR) is 110 cm³/mol. The Hall–Kier alpha value is -2.53. The molecule has 3 rings (SSSR count). The maximum absolute atomic E-state index is 11.7. The zero-order chi connectivity index (χ0) is 21.9. The van der Waals surface area contributed by atoms with E-state index in [1.165, 1.54) is 4.68 Å². The van der Waals surface area contributed by atoms with Gasteiger partial charge in [0.2, 0.25) is 0 Å². The molecule has 1 saturated heterocycles. The summed E-state index contributed by atoms with van der Waals surface area (Å²) in [6.45, 7) is 5.59. The second-order valence-electron chi connectivity index (χ2n) is 7.39. The van der Waals surface area contributed by atoms with Gasteiger partial charge in [0.25, 0.3) is 10.1 Å². The van der Waals surface area contributed by atoms with Crippen LogP contribution >= 0.6 is 0 Å². The van der Waals surface area contributed by atoms with Crippen LogP contribution in [0, 0.1) is 12.8 Å². The fourth-order valence-corrected chi connectivity index (χ4v) is 3.92. The Morgan fingerprint density at radius 3 is 2.77 bits per heavy atom. The highest BCUT2D eigenvalue weighted by atomic mass is 32.2. The molecule has 0 amide bonds. The van der Waals surface area contributed by atoms with Crippen LogP contribution in [0.4, 0.5) is 5.69 Å². The Bertz CT molecular complexity index is 1020. The van der Waals surface area contributed by atoms with Crippen molar-refractivity contribution in [1.29, 1.82) is 0 Å². The van der Waals surface area contributed by atoms with Crippen LogP contribution < -0.4 is 4.90 Å². The number of aryl methyl sites for hydroxylation is 2. The summed E-state index contributed by atoms with van der Waals surface area (Å²) in [4.78, 5) is 18.6. The van der Waals surface area contributed by atoms with Crippen molar-refractivity contribution >= 4 is 21.8 Å². The molecule has 2 aromatic rings. The van der Waals surface area contributed by atoms with Crippen LogP contribution in [0.1, 0.15) is 31.2 Å². The van der Waals surface area contributed by atoms with Crippen molar-refractivity contribution in [2.75, 3.05) is 30.9 Å². The van der Waals surface area contributed by atoms with E-state index in [1.54, 1.807) is 7.05 Å². The zero-order valence-corrected chi connectivity index (χ0v) is 18.5. The molecule has 0 N–H and O–H groups in total. The molecule has 164 valence electrons. The molecule has 0 spiro atoms. The van der Waals surface area contributed by atoms with E-state index in [1.807, 2.05) is 26.0 Å². The third kappa shape index (κ3) is 5.33. The van der Waals surface area contributed by atoms with Gasteiger partial charge in [0.05, 0.1) is 42.1 Å². The summed E-state index contributed by atoms with van der Waals surface area (Å²) in [5.41, 5.74) is 3.43. The standard InChI is InChI=1S/C19H27N5O5S/c1-5-28-18(25)10-14-8-9-24(11-14)16-7-6-15(20-13(16)2)19-17(23(3)22-21-19)12-29-30(4,26)27/h6-7,14H,5,8-12H2,1-4H3. The van der Waals surface area contributed by atoms with Crippen LogP contribution in [-0.4, -0.2) is 60.3 Å². The van der Waals surface area contributed by atoms with E-state index in [9.17, 15) is 13.2 Å². The summed E-state index contributed by atoms with van der Waals surface area (Å²) in [7, 11) is -1.92. The van der Waals surface area contributed by atoms with Gasteiger partial charge >= 0.3 is 5.97 Å². The van der Waals surface area contributed by atoms with Gasteiger partial charge in [-0.25, -0.2) is 9.67 Å². The first kappa shape index (κ1) is 22.2. The minimum Gasteiger partial charge on any atom is -0.466 e. The van der Waals surface area contributed by atoms with Crippen LogP contribution in [0.15, 0.2) is 12.1 Å². The second-order valence-corrected chi connectivity index (χ2v) is 9.03. The molecule has 0 saturated carbocycles. The molecule has 10 nitrogen and oxygen atoms in total. The van der Waals surface area contributed by atoms with Gasteiger partial charge in [0.1, 0.15) is 12.3 Å². The Labute approximate surface area is 176 Å². The number of ether oxygens (including phenoxy) is 1. The average molecular weight is 438 g/mol. The van der Waals surface area contributed by atoms with Crippen molar-refractivity contribution in [2.24, 2.45) is 13.0 Å². The quantitative estimate of drug-likeness (QED) is 0.447. The molecule has 30 heavy (non-hydrogen) atoms. The van der Waals surface area contributed by atoms with Gasteiger partial charge in [0, 0.05) is 20.1 Å². The normalized spacial score (nSPS) is 16.8. The molecular formula is C19H27N5O5S. The van der Waals surface area contributed by atoms with E-state index in [0.29, 0.717) is 30.1 Å². The van der Waals surface area contributed by atoms with E-state index in [4.69, 9.17) is 8.92 Å². The van der Waals surface area contributed by atoms with E-state index in [-0.39, 0.29) is 18.5 Å². The number of carbonyl (C=O) groups excluding carboxylic acids is 1. The number of hydrogen-bond acceptors (Lipinski definition) is 9. The van der Waals surface area contributed by atoms with Gasteiger partial charge in [-0.1, -0.05) is 5.21 Å². The largest absolute Gasteiger partial charge is 0.466 e. The number of nitrogens with zero attached hydrogens (tertiary/aromatic N) is 5. The molecule has 1 aliphatic rings. The number of hydrogen-bond donors (Lipinski definition) is 0. The summed E-state index contributed by atoms with van der Waals surface area (Å²) in [5, 5.41) is 8.10. The van der Waals surface area contributed by atoms with Gasteiger partial charge in [-0.05, 0) is 38.3 Å². The molecule has 0 aliphatic carbocycles. The summed E-state index contributed by atoms with van der Waals surface area (Å²) in [6.07, 6.45) is 2.36. The highest BCUT2D eigenvalue weighted by Gasteiger charge is 2.27. The number of esters is 1. The van der Waals surface area contributed by atoms with Crippen molar-refractivity contribution in [1.82, 2.24) is 20.0 Å². The molecule has 0 radical (unpaired) electrons. The van der Waals surface area contributed by atoms with Crippen LogP contribution in [0.25, 0.3) is 11.4 Å². The number of aromatic nitrogens is 4. The first-order chi connectivity index (χ1) is 14.2. The van der Waals surface area contributed by atoms with Gasteiger partial charge in [-0.3, -0.25) is 8.98 Å². The SMILES string of the molecule is CCOC(=O)CC1CCN(c2ccc(-c3nnn(C)c3COS(C)(=O)=O)nc2C)C1. The monoisotopic (exact) mass is 437 g/mol. The van der Waals surface area contributed by atoms with Gasteiger partial charge in [0.15, 0.2) is 0 Å². The molecule has 1 aliphatic heterocycles. The van der Waals surface area contributed by atoms with Crippen LogP contribution in [-0.2, 0) is 37.5 Å². The van der Waals surface area contributed by atoms with E-state index >= 15 is 0 Å². The minimum atomic E-state index is -3.59. The van der Waals surface area contributed by atoms with Crippen molar-refractivity contribution in [3.63, 3.8) is 0 Å². The average Bonchev–Trinajstić information content (AvgIpc) is 3.26. The number of rotatable bonds is 8. The molecule has 2 aromatic heterocycles. The van der Waals surface area contributed by atoms with E-state index < -0.39 is 10.1 Å². The topological polar surface area (TPSA) is 117 Å². The lowest BCUT2D eigenvalue weighted by Crippen LogP contribution is -2.22. The van der Waals surface area contributed by atoms with E-state index in [2.05, 4.69) is 20.2 Å². The van der Waals surface area contributed by atoms with Crippen molar-refractivity contribution in [3.8, 4) is 11.4 Å². The predicted octanol–water partition coefficient (Wildman–Crippen LogP) is 1.44. The van der Waals surface area contributed by atoms with Crippen LogP contribution in [0.2, 0.25) is 0 Å². The Morgan fingerprint density at radius 1 is 1.33 bits per heavy atom. The van der Waals surface area contributed by atoms with E-state index in [0.717, 1.165) is 37.1 Å². The molecule has 11 heteroatoms. The third-order valence-electron chi connectivity index (χ3n) is 5.04. The Kier molecular flexibility index (Phi) is 6.71. The lowest BCUT2D eigenvalue weighted by molar-refractivity contribution is -0.144. The summed E-state index contributed by atoms with van der Waals surface area (Å²) in [6, 6.07) is 3.81.